The van der Waals surface area contributed by atoms with E-state index in [0.717, 1.165) is 0 Å². The summed E-state index contributed by atoms with van der Waals surface area (Å²) in [7, 11) is 0. The molecule has 0 heterocycles. The van der Waals surface area contributed by atoms with Crippen molar-refractivity contribution in [2.24, 2.45) is 0 Å². The van der Waals surface area contributed by atoms with Crippen LogP contribution < -0.4 is 0 Å². The Labute approximate surface area is 94.0 Å². The first-order valence-electron chi connectivity index (χ1n) is 2.64. The molecule has 86 valence electrons. The summed E-state index contributed by atoms with van der Waals surface area (Å²) < 4.78 is 69.3. The van der Waals surface area contributed by atoms with Crippen molar-refractivity contribution < 1.29 is 26.3 Å². The van der Waals surface area contributed by atoms with Gasteiger partial charge in [0.25, 0.3) is 0 Å². The smallest absolute Gasteiger partial charge is 0.211 e. The minimum absolute atomic E-state index is 3.91. The van der Waals surface area contributed by atoms with Gasteiger partial charge in [-0.15, -0.1) is 0 Å². The van der Waals surface area contributed by atoms with Gasteiger partial charge >= 0.3 is 21.0 Å². The van der Waals surface area contributed by atoms with Gasteiger partial charge in [-0.05, 0) is 11.6 Å². The molecule has 1 atom stereocenters. The quantitative estimate of drug-likeness (QED) is 0.533. The fraction of sp³-hybridized carbons (Fsp3) is 1.00. The third kappa shape index (κ3) is 2.28. The Morgan fingerprint density at radius 1 is 0.643 bits per heavy atom. The molecule has 0 aromatic carbocycles. The van der Waals surface area contributed by atoms with Crippen LogP contribution in [0.15, 0.2) is 0 Å². The third-order valence-corrected chi connectivity index (χ3v) is 2.41. The van der Waals surface area contributed by atoms with Crippen LogP contribution >= 0.6 is 46.4 Å². The average Bonchev–Trinajstić information content (AvgIpc) is 1.81. The molecule has 10 heteroatoms. The van der Waals surface area contributed by atoms with Crippen LogP contribution in [0.2, 0.25) is 0 Å². The zero-order valence-electron chi connectivity index (χ0n) is 5.78. The molecule has 0 bridgehead atoms. The molecule has 0 radical (unpaired) electrons. The van der Waals surface area contributed by atoms with Crippen LogP contribution in [-0.4, -0.2) is 21.0 Å². The highest BCUT2D eigenvalue weighted by Crippen LogP contribution is 2.57. The molecule has 0 aliphatic heterocycles. The highest BCUT2D eigenvalue weighted by atomic mass is 35.5. The van der Waals surface area contributed by atoms with Gasteiger partial charge in [-0.25, -0.2) is 8.78 Å². The molecule has 0 saturated heterocycles. The summed E-state index contributed by atoms with van der Waals surface area (Å²) in [4.78, 5) is 0. The van der Waals surface area contributed by atoms with Crippen molar-refractivity contribution in [2.75, 3.05) is 0 Å². The maximum absolute atomic E-state index is 12.6. The molecule has 0 N–H and O–H groups in total. The molecule has 0 amide bonds. The van der Waals surface area contributed by atoms with Gasteiger partial charge in [0.05, 0.1) is 0 Å². The predicted molar refractivity (Wildman–Crippen MR) is 41.0 cm³/mol. The first kappa shape index (κ1) is 14.7. The number of alkyl halides is 10. The van der Waals surface area contributed by atoms with E-state index in [1.807, 2.05) is 0 Å². The second-order valence-electron chi connectivity index (χ2n) is 2.14. The summed E-state index contributed by atoms with van der Waals surface area (Å²) in [5, 5.41) is -10.5. The van der Waals surface area contributed by atoms with E-state index in [2.05, 4.69) is 46.4 Å². The van der Waals surface area contributed by atoms with Crippen LogP contribution in [-0.2, 0) is 0 Å². The van der Waals surface area contributed by atoms with Gasteiger partial charge in [-0.2, -0.15) is 17.6 Å². The molecule has 0 rings (SSSR count). The van der Waals surface area contributed by atoms with E-state index in [-0.39, 0.29) is 0 Å². The van der Waals surface area contributed by atoms with Crippen LogP contribution in [0.4, 0.5) is 26.3 Å². The van der Waals surface area contributed by atoms with E-state index in [1.54, 1.807) is 0 Å². The Morgan fingerprint density at radius 3 is 1.00 bits per heavy atom. The molecule has 0 spiro atoms. The van der Waals surface area contributed by atoms with Crippen LogP contribution in [0.5, 0.6) is 0 Å². The number of hydrogen-bond acceptors (Lipinski definition) is 0. The first-order valence-corrected chi connectivity index (χ1v) is 4.15. The first-order chi connectivity index (χ1) is 5.75. The molecular formula is C4Cl4F6. The topological polar surface area (TPSA) is 0 Å². The van der Waals surface area contributed by atoms with Gasteiger partial charge in [0, 0.05) is 0 Å². The molecule has 0 aliphatic carbocycles. The van der Waals surface area contributed by atoms with Crippen molar-refractivity contribution in [3.05, 3.63) is 0 Å². The van der Waals surface area contributed by atoms with Crippen LogP contribution in [0.1, 0.15) is 0 Å². The normalized spacial score (nSPS) is 19.3. The molecule has 0 fully saturated rings. The summed E-state index contributed by atoms with van der Waals surface area (Å²) in [5.41, 5.74) is 0. The van der Waals surface area contributed by atoms with Gasteiger partial charge < -0.3 is 0 Å². The summed E-state index contributed by atoms with van der Waals surface area (Å²) in [6, 6.07) is 0. The molecule has 14 heavy (non-hydrogen) atoms. The minimum atomic E-state index is -5.60. The lowest BCUT2D eigenvalue weighted by atomic mass is 10.2. The molecule has 0 aliphatic rings. The SMILES string of the molecule is FC(Cl)(Cl)C(F)(F)[C@](F)(Cl)C(F)(F)Cl. The van der Waals surface area contributed by atoms with Gasteiger partial charge in [0.1, 0.15) is 0 Å². The zero-order chi connectivity index (χ0) is 12.0. The van der Waals surface area contributed by atoms with Gasteiger partial charge in [-0.3, -0.25) is 0 Å². The Hall–Kier alpha value is 0.740. The van der Waals surface area contributed by atoms with Crippen molar-refractivity contribution in [3.63, 3.8) is 0 Å². The molecule has 0 saturated carbocycles. The van der Waals surface area contributed by atoms with Crippen molar-refractivity contribution in [1.82, 2.24) is 0 Å². The van der Waals surface area contributed by atoms with Crippen LogP contribution in [0.25, 0.3) is 0 Å². The lowest BCUT2D eigenvalue weighted by Crippen LogP contribution is -2.57. The van der Waals surface area contributed by atoms with Gasteiger partial charge in [0.2, 0.25) is 0 Å². The fourth-order valence-corrected chi connectivity index (χ4v) is 0.962. The molecule has 0 aromatic rings. The van der Waals surface area contributed by atoms with E-state index in [4.69, 9.17) is 0 Å². The molecule has 0 aromatic heterocycles. The van der Waals surface area contributed by atoms with Crippen molar-refractivity contribution >= 4 is 46.4 Å². The van der Waals surface area contributed by atoms with Crippen molar-refractivity contribution in [1.29, 1.82) is 0 Å². The maximum atomic E-state index is 12.6. The Bertz CT molecular complexity index is 191. The van der Waals surface area contributed by atoms with Gasteiger partial charge in [0.15, 0.2) is 0 Å². The van der Waals surface area contributed by atoms with E-state index in [0.29, 0.717) is 0 Å². The zero-order valence-corrected chi connectivity index (χ0v) is 8.80. The lowest BCUT2D eigenvalue weighted by Gasteiger charge is -2.33. The van der Waals surface area contributed by atoms with E-state index in [1.165, 1.54) is 0 Å². The standard InChI is InChI=1S/C4Cl4F6/c5-1(9,4(8,13)14)2(10,11)3(6,7)12/t1-/m1/s1. The maximum Gasteiger partial charge on any atom is 0.375 e. The predicted octanol–water partition coefficient (Wildman–Crippen LogP) is 4.46. The highest BCUT2D eigenvalue weighted by molar-refractivity contribution is 6.48. The summed E-state index contributed by atoms with van der Waals surface area (Å²) in [5.74, 6) is -5.60. The highest BCUT2D eigenvalue weighted by Gasteiger charge is 2.77. The Balaban J connectivity index is 5.30. The Morgan fingerprint density at radius 2 is 0.929 bits per heavy atom. The second kappa shape index (κ2) is 3.64. The lowest BCUT2D eigenvalue weighted by molar-refractivity contribution is -0.195. The number of halogens is 10. The van der Waals surface area contributed by atoms with E-state index >= 15 is 0 Å². The fourth-order valence-electron chi connectivity index (χ4n) is 0.356. The summed E-state index contributed by atoms with van der Waals surface area (Å²) in [6.45, 7) is 0. The Kier molecular flexibility index (Phi) is 3.84. The molecular weight excluding hydrogens is 304 g/mol. The molecule has 0 unspecified atom stereocenters. The van der Waals surface area contributed by atoms with E-state index in [9.17, 15) is 26.3 Å². The second-order valence-corrected chi connectivity index (χ2v) is 4.37. The van der Waals surface area contributed by atoms with Crippen molar-refractivity contribution in [2.45, 2.75) is 21.0 Å². The minimum Gasteiger partial charge on any atom is -0.211 e. The van der Waals surface area contributed by atoms with Gasteiger partial charge in [-0.1, -0.05) is 34.8 Å². The average molecular weight is 304 g/mol. The third-order valence-electron chi connectivity index (χ3n) is 1.11. The summed E-state index contributed by atoms with van der Waals surface area (Å²) >= 11 is 16.3. The van der Waals surface area contributed by atoms with Crippen LogP contribution in [0.3, 0.4) is 0 Å². The largest absolute Gasteiger partial charge is 0.375 e. The monoisotopic (exact) mass is 302 g/mol. The summed E-state index contributed by atoms with van der Waals surface area (Å²) in [6.07, 6.45) is 0. The van der Waals surface area contributed by atoms with Crippen molar-refractivity contribution in [3.8, 4) is 0 Å². The number of rotatable bonds is 3. The van der Waals surface area contributed by atoms with Crippen LogP contribution in [0, 0.1) is 0 Å². The van der Waals surface area contributed by atoms with E-state index < -0.39 is 21.0 Å². The molecule has 0 nitrogen and oxygen atoms in total. The number of hydrogen-bond donors (Lipinski definition) is 0.